The summed E-state index contributed by atoms with van der Waals surface area (Å²) in [6.07, 6.45) is 2.05. The third-order valence-corrected chi connectivity index (χ3v) is 8.48. The average molecular weight is 486 g/mol. The topological polar surface area (TPSA) is 105 Å². The first kappa shape index (κ1) is 24.2. The molecule has 0 saturated carbocycles. The minimum absolute atomic E-state index is 0.00630. The van der Waals surface area contributed by atoms with Crippen molar-refractivity contribution in [3.05, 3.63) is 53.6 Å². The highest BCUT2D eigenvalue weighted by Crippen LogP contribution is 2.36. The van der Waals surface area contributed by atoms with Gasteiger partial charge in [-0.15, -0.1) is 0 Å². The Hall–Kier alpha value is -2.91. The minimum atomic E-state index is -3.75. The normalized spacial score (nSPS) is 19.1. The zero-order valence-electron chi connectivity index (χ0n) is 19.5. The summed E-state index contributed by atoms with van der Waals surface area (Å²) in [5.74, 6) is -0.107. The van der Waals surface area contributed by atoms with Crippen LogP contribution in [0.25, 0.3) is 0 Å². The van der Waals surface area contributed by atoms with Crippen molar-refractivity contribution in [1.82, 2.24) is 9.62 Å². The van der Waals surface area contributed by atoms with E-state index in [1.165, 1.54) is 15.9 Å². The monoisotopic (exact) mass is 485 g/mol. The Morgan fingerprint density at radius 3 is 2.59 bits per heavy atom. The van der Waals surface area contributed by atoms with E-state index in [2.05, 4.69) is 22.8 Å². The first-order valence-corrected chi connectivity index (χ1v) is 13.1. The second-order valence-electron chi connectivity index (χ2n) is 8.92. The summed E-state index contributed by atoms with van der Waals surface area (Å²) < 4.78 is 33.7. The van der Waals surface area contributed by atoms with Gasteiger partial charge in [0.1, 0.15) is 5.75 Å². The van der Waals surface area contributed by atoms with Crippen LogP contribution in [0.4, 0.5) is 5.69 Å². The Labute approximate surface area is 200 Å². The van der Waals surface area contributed by atoms with Gasteiger partial charge in [-0.05, 0) is 56.7 Å². The van der Waals surface area contributed by atoms with Gasteiger partial charge in [-0.25, -0.2) is 8.42 Å². The van der Waals surface area contributed by atoms with Crippen molar-refractivity contribution < 1.29 is 22.7 Å². The minimum Gasteiger partial charge on any atom is -0.479 e. The van der Waals surface area contributed by atoms with Crippen LogP contribution < -0.4 is 15.4 Å². The molecule has 9 heteroatoms. The van der Waals surface area contributed by atoms with Crippen LogP contribution in [-0.4, -0.2) is 50.3 Å². The van der Waals surface area contributed by atoms with Gasteiger partial charge in [0, 0.05) is 31.6 Å². The summed E-state index contributed by atoms with van der Waals surface area (Å²) in [7, 11) is -3.75. The number of anilines is 1. The first-order chi connectivity index (χ1) is 16.3. The molecule has 2 aromatic carbocycles. The van der Waals surface area contributed by atoms with Gasteiger partial charge >= 0.3 is 0 Å². The lowest BCUT2D eigenvalue weighted by molar-refractivity contribution is -0.126. The van der Waals surface area contributed by atoms with E-state index in [-0.39, 0.29) is 35.7 Å². The molecule has 1 saturated heterocycles. The molecule has 0 unspecified atom stereocenters. The zero-order chi connectivity index (χ0) is 24.3. The lowest BCUT2D eigenvalue weighted by atomic mass is 9.97. The number of nitrogens with one attached hydrogen (secondary N) is 2. The molecular weight excluding hydrogens is 454 g/mol. The quantitative estimate of drug-likeness (QED) is 0.587. The highest BCUT2D eigenvalue weighted by Gasteiger charge is 2.34. The van der Waals surface area contributed by atoms with E-state index in [1.54, 1.807) is 19.9 Å². The van der Waals surface area contributed by atoms with Crippen molar-refractivity contribution in [2.45, 2.75) is 50.5 Å². The van der Waals surface area contributed by atoms with E-state index in [0.717, 1.165) is 12.8 Å². The van der Waals surface area contributed by atoms with E-state index in [4.69, 9.17) is 4.74 Å². The predicted molar refractivity (Wildman–Crippen MR) is 129 cm³/mol. The van der Waals surface area contributed by atoms with Crippen molar-refractivity contribution in [3.8, 4) is 5.75 Å². The summed E-state index contributed by atoms with van der Waals surface area (Å²) in [6, 6.07) is 13.3. The molecule has 0 aliphatic carbocycles. The highest BCUT2D eigenvalue weighted by atomic mass is 32.2. The summed E-state index contributed by atoms with van der Waals surface area (Å²) in [4.78, 5) is 24.6. The van der Waals surface area contributed by atoms with Crippen LogP contribution in [0.3, 0.4) is 0 Å². The van der Waals surface area contributed by atoms with Crippen LogP contribution in [0.2, 0.25) is 0 Å². The molecule has 2 N–H and O–H groups in total. The maximum absolute atomic E-state index is 13.3. The number of piperidine rings is 1. The second kappa shape index (κ2) is 10.1. The van der Waals surface area contributed by atoms with Crippen LogP contribution in [0, 0.1) is 12.8 Å². The number of benzene rings is 2. The number of carbonyl (C=O) groups excluding carboxylic acids is 2. The van der Waals surface area contributed by atoms with Crippen molar-refractivity contribution in [1.29, 1.82) is 0 Å². The van der Waals surface area contributed by atoms with Gasteiger partial charge in [0.15, 0.2) is 6.10 Å². The number of rotatable bonds is 7. The van der Waals surface area contributed by atoms with E-state index >= 15 is 0 Å². The Balaban J connectivity index is 1.32. The van der Waals surface area contributed by atoms with Crippen molar-refractivity contribution in [3.63, 3.8) is 0 Å². The lowest BCUT2D eigenvalue weighted by Crippen LogP contribution is -2.43. The molecule has 182 valence electrons. The van der Waals surface area contributed by atoms with Crippen molar-refractivity contribution >= 4 is 27.5 Å². The molecule has 1 fully saturated rings. The largest absolute Gasteiger partial charge is 0.479 e. The Kier molecular flexibility index (Phi) is 7.23. The second-order valence-corrected chi connectivity index (χ2v) is 10.8. The fourth-order valence-electron chi connectivity index (χ4n) is 4.41. The summed E-state index contributed by atoms with van der Waals surface area (Å²) in [5.41, 5.74) is 2.26. The smallest absolute Gasteiger partial charge is 0.265 e. The molecule has 0 spiro atoms. The number of amides is 2. The van der Waals surface area contributed by atoms with Crippen LogP contribution in [0.1, 0.15) is 37.3 Å². The first-order valence-electron chi connectivity index (χ1n) is 11.7. The molecule has 0 aromatic heterocycles. The third kappa shape index (κ3) is 5.26. The maximum Gasteiger partial charge on any atom is 0.265 e. The molecule has 34 heavy (non-hydrogen) atoms. The van der Waals surface area contributed by atoms with Gasteiger partial charge in [0.2, 0.25) is 15.9 Å². The Morgan fingerprint density at radius 1 is 1.18 bits per heavy atom. The number of aryl methyl sites for hydroxylation is 2. The number of hydrogen-bond acceptors (Lipinski definition) is 5. The van der Waals surface area contributed by atoms with E-state index in [0.29, 0.717) is 36.4 Å². The number of ether oxygens (including phenoxy) is 1. The number of fused-ring (bicyclic) bond motifs is 1. The number of nitrogens with zero attached hydrogens (tertiary/aromatic N) is 1. The standard InChI is InChI=1S/C25H31N3O5S/c1-17-15-21-22(33-18(2)24(29)27-21)16-23(17)34(31,32)28-13-10-20(11-14-28)25(30)26-12-6-9-19-7-4-3-5-8-19/h3-5,7-8,15-16,18,20H,6,9-14H2,1-2H3,(H,26,30)(H,27,29)/t18-/m1/s1. The van der Waals surface area contributed by atoms with Crippen LogP contribution in [-0.2, 0) is 26.0 Å². The van der Waals surface area contributed by atoms with Crippen LogP contribution in [0.15, 0.2) is 47.4 Å². The van der Waals surface area contributed by atoms with Crippen LogP contribution in [0.5, 0.6) is 5.75 Å². The SMILES string of the molecule is Cc1cc2c(cc1S(=O)(=O)N1CCC(C(=O)NCCCc3ccccc3)CC1)O[C@H](C)C(=O)N2. The molecule has 2 aromatic rings. The Bertz CT molecular complexity index is 1160. The summed E-state index contributed by atoms with van der Waals surface area (Å²) in [5, 5.41) is 5.74. The molecule has 8 nitrogen and oxygen atoms in total. The van der Waals surface area contributed by atoms with Gasteiger partial charge in [0.25, 0.3) is 5.91 Å². The number of hydrogen-bond donors (Lipinski definition) is 2. The molecule has 2 heterocycles. The van der Waals surface area contributed by atoms with E-state index in [1.807, 2.05) is 18.2 Å². The molecule has 2 aliphatic rings. The zero-order valence-corrected chi connectivity index (χ0v) is 20.4. The molecular formula is C25H31N3O5S. The van der Waals surface area contributed by atoms with Crippen molar-refractivity contribution in [2.75, 3.05) is 25.0 Å². The highest BCUT2D eigenvalue weighted by molar-refractivity contribution is 7.89. The molecule has 2 amide bonds. The van der Waals surface area contributed by atoms with E-state index in [9.17, 15) is 18.0 Å². The molecule has 0 bridgehead atoms. The maximum atomic E-state index is 13.3. The molecule has 1 atom stereocenters. The van der Waals surface area contributed by atoms with Gasteiger partial charge in [-0.3, -0.25) is 9.59 Å². The number of carbonyl (C=O) groups is 2. The van der Waals surface area contributed by atoms with E-state index < -0.39 is 16.1 Å². The van der Waals surface area contributed by atoms with Gasteiger partial charge in [-0.2, -0.15) is 4.31 Å². The number of sulfonamides is 1. The fourth-order valence-corrected chi connectivity index (χ4v) is 6.10. The van der Waals surface area contributed by atoms with Gasteiger partial charge in [0.05, 0.1) is 10.6 Å². The fraction of sp³-hybridized carbons (Fsp3) is 0.440. The predicted octanol–water partition coefficient (Wildman–Crippen LogP) is 2.86. The summed E-state index contributed by atoms with van der Waals surface area (Å²) in [6.45, 7) is 4.50. The van der Waals surface area contributed by atoms with Gasteiger partial charge < -0.3 is 15.4 Å². The molecule has 0 radical (unpaired) electrons. The molecule has 4 rings (SSSR count). The van der Waals surface area contributed by atoms with Gasteiger partial charge in [-0.1, -0.05) is 30.3 Å². The van der Waals surface area contributed by atoms with Crippen LogP contribution >= 0.6 is 0 Å². The summed E-state index contributed by atoms with van der Waals surface area (Å²) >= 11 is 0. The lowest BCUT2D eigenvalue weighted by Gasteiger charge is -2.31. The Morgan fingerprint density at radius 2 is 1.88 bits per heavy atom. The van der Waals surface area contributed by atoms with Crippen molar-refractivity contribution in [2.24, 2.45) is 5.92 Å². The average Bonchev–Trinajstić information content (AvgIpc) is 2.83. The third-order valence-electron chi connectivity index (χ3n) is 6.43. The molecule has 2 aliphatic heterocycles.